The normalized spacial score (nSPS) is 11.0. The van der Waals surface area contributed by atoms with Crippen LogP contribution < -0.4 is 4.90 Å². The van der Waals surface area contributed by atoms with E-state index in [0.29, 0.717) is 11.6 Å². The SMILES string of the molecule is CCN(CCO)c1ncnc2[nH]cc(-c3cccc(Cl)c3)c12. The molecule has 0 aliphatic rings. The molecule has 0 unspecified atom stereocenters. The second-order valence-electron chi connectivity index (χ2n) is 4.94. The van der Waals surface area contributed by atoms with Crippen LogP contribution in [-0.2, 0) is 0 Å². The molecule has 3 aromatic rings. The predicted octanol–water partition coefficient (Wildman–Crippen LogP) is 3.10. The number of nitrogens with one attached hydrogen (secondary N) is 1. The Kier molecular flexibility index (Phi) is 4.27. The molecule has 0 fully saturated rings. The van der Waals surface area contributed by atoms with Crippen molar-refractivity contribution in [1.82, 2.24) is 15.0 Å². The van der Waals surface area contributed by atoms with Crippen LogP contribution in [0.4, 0.5) is 5.82 Å². The zero-order chi connectivity index (χ0) is 15.5. The van der Waals surface area contributed by atoms with E-state index in [0.717, 1.165) is 34.5 Å². The summed E-state index contributed by atoms with van der Waals surface area (Å²) in [5, 5.41) is 10.9. The molecule has 0 aliphatic carbocycles. The third-order valence-electron chi connectivity index (χ3n) is 3.64. The van der Waals surface area contributed by atoms with Gasteiger partial charge in [-0.15, -0.1) is 0 Å². The number of aliphatic hydroxyl groups excluding tert-OH is 1. The minimum absolute atomic E-state index is 0.0796. The maximum atomic E-state index is 9.26. The van der Waals surface area contributed by atoms with Gasteiger partial charge in [0.2, 0.25) is 0 Å². The largest absolute Gasteiger partial charge is 0.395 e. The molecule has 0 amide bonds. The minimum Gasteiger partial charge on any atom is -0.395 e. The first-order valence-electron chi connectivity index (χ1n) is 7.18. The van der Waals surface area contributed by atoms with E-state index in [1.165, 1.54) is 6.33 Å². The highest BCUT2D eigenvalue weighted by atomic mass is 35.5. The Bertz CT molecular complexity index is 787. The molecule has 0 radical (unpaired) electrons. The van der Waals surface area contributed by atoms with Gasteiger partial charge in [0.15, 0.2) is 0 Å². The molecule has 0 saturated heterocycles. The van der Waals surface area contributed by atoms with E-state index >= 15 is 0 Å². The maximum absolute atomic E-state index is 9.26. The van der Waals surface area contributed by atoms with Gasteiger partial charge in [0.25, 0.3) is 0 Å². The van der Waals surface area contributed by atoms with Crippen molar-refractivity contribution < 1.29 is 5.11 Å². The predicted molar refractivity (Wildman–Crippen MR) is 89.3 cm³/mol. The van der Waals surface area contributed by atoms with E-state index in [4.69, 9.17) is 11.6 Å². The van der Waals surface area contributed by atoms with Crippen LogP contribution in [0, 0.1) is 0 Å². The Morgan fingerprint density at radius 3 is 2.91 bits per heavy atom. The molecule has 2 heterocycles. The molecule has 2 aromatic heterocycles. The van der Waals surface area contributed by atoms with Crippen molar-refractivity contribution in [3.63, 3.8) is 0 Å². The van der Waals surface area contributed by atoms with Gasteiger partial charge in [-0.2, -0.15) is 0 Å². The summed E-state index contributed by atoms with van der Waals surface area (Å²) in [6.45, 7) is 3.40. The zero-order valence-electron chi connectivity index (χ0n) is 12.3. The van der Waals surface area contributed by atoms with Gasteiger partial charge in [-0.1, -0.05) is 23.7 Å². The smallest absolute Gasteiger partial charge is 0.143 e. The number of likely N-dealkylation sites (N-methyl/N-ethyl adjacent to an activating group) is 1. The van der Waals surface area contributed by atoms with Crippen LogP contribution in [-0.4, -0.2) is 39.8 Å². The summed E-state index contributed by atoms with van der Waals surface area (Å²) in [5.41, 5.74) is 2.79. The number of aromatic amines is 1. The van der Waals surface area contributed by atoms with Gasteiger partial charge in [0.1, 0.15) is 17.8 Å². The van der Waals surface area contributed by atoms with Crippen molar-refractivity contribution in [3.05, 3.63) is 41.8 Å². The lowest BCUT2D eigenvalue weighted by molar-refractivity contribution is 0.302. The monoisotopic (exact) mass is 316 g/mol. The summed E-state index contributed by atoms with van der Waals surface area (Å²) in [6.07, 6.45) is 3.46. The number of hydrogen-bond acceptors (Lipinski definition) is 4. The van der Waals surface area contributed by atoms with Crippen molar-refractivity contribution in [2.45, 2.75) is 6.92 Å². The second-order valence-corrected chi connectivity index (χ2v) is 5.37. The highest BCUT2D eigenvalue weighted by Gasteiger charge is 2.16. The number of hydrogen-bond donors (Lipinski definition) is 2. The van der Waals surface area contributed by atoms with Crippen molar-refractivity contribution in [2.24, 2.45) is 0 Å². The lowest BCUT2D eigenvalue weighted by Gasteiger charge is -2.21. The van der Waals surface area contributed by atoms with Crippen LogP contribution in [0.25, 0.3) is 22.2 Å². The standard InChI is InChI=1S/C16H17ClN4O/c1-2-21(6-7-22)16-14-13(9-18-15(14)19-10-20-16)11-4-3-5-12(17)8-11/h3-5,8-10,22H,2,6-7H2,1H3,(H,18,19,20). The van der Waals surface area contributed by atoms with E-state index in [1.54, 1.807) is 0 Å². The fraction of sp³-hybridized carbons (Fsp3) is 0.250. The lowest BCUT2D eigenvalue weighted by Crippen LogP contribution is -2.27. The second kappa shape index (κ2) is 6.34. The number of benzene rings is 1. The molecule has 0 aliphatic heterocycles. The molecule has 0 spiro atoms. The summed E-state index contributed by atoms with van der Waals surface area (Å²) in [5.74, 6) is 0.817. The van der Waals surface area contributed by atoms with E-state index in [1.807, 2.05) is 42.3 Å². The van der Waals surface area contributed by atoms with Crippen molar-refractivity contribution >= 4 is 28.5 Å². The van der Waals surface area contributed by atoms with Gasteiger partial charge in [0.05, 0.1) is 12.0 Å². The molecule has 5 nitrogen and oxygen atoms in total. The molecule has 2 N–H and O–H groups in total. The third-order valence-corrected chi connectivity index (χ3v) is 3.87. The number of nitrogens with zero attached hydrogens (tertiary/aromatic N) is 3. The average molecular weight is 317 g/mol. The molecule has 6 heteroatoms. The van der Waals surface area contributed by atoms with E-state index < -0.39 is 0 Å². The Morgan fingerprint density at radius 2 is 2.18 bits per heavy atom. The van der Waals surface area contributed by atoms with E-state index in [-0.39, 0.29) is 6.61 Å². The number of anilines is 1. The number of H-pyrrole nitrogens is 1. The fourth-order valence-electron chi connectivity index (χ4n) is 2.60. The van der Waals surface area contributed by atoms with Crippen LogP contribution in [0.15, 0.2) is 36.8 Å². The number of fused-ring (bicyclic) bond motifs is 1. The summed E-state index contributed by atoms with van der Waals surface area (Å²) in [4.78, 5) is 13.9. The summed E-state index contributed by atoms with van der Waals surface area (Å²) >= 11 is 6.11. The van der Waals surface area contributed by atoms with Gasteiger partial charge in [-0.05, 0) is 24.6 Å². The lowest BCUT2D eigenvalue weighted by atomic mass is 10.1. The Morgan fingerprint density at radius 1 is 1.32 bits per heavy atom. The quantitative estimate of drug-likeness (QED) is 0.759. The average Bonchev–Trinajstić information content (AvgIpc) is 2.97. The molecular weight excluding hydrogens is 300 g/mol. The molecule has 114 valence electrons. The van der Waals surface area contributed by atoms with Crippen LogP contribution >= 0.6 is 11.6 Å². The summed E-state index contributed by atoms with van der Waals surface area (Å²) in [7, 11) is 0. The molecule has 1 aromatic carbocycles. The molecule has 0 bridgehead atoms. The van der Waals surface area contributed by atoms with Crippen molar-refractivity contribution in [2.75, 3.05) is 24.6 Å². The fourth-order valence-corrected chi connectivity index (χ4v) is 2.79. The Labute approximate surface area is 133 Å². The zero-order valence-corrected chi connectivity index (χ0v) is 13.0. The first-order chi connectivity index (χ1) is 10.7. The van der Waals surface area contributed by atoms with Gasteiger partial charge in [-0.3, -0.25) is 0 Å². The van der Waals surface area contributed by atoms with Crippen LogP contribution in [0.5, 0.6) is 0 Å². The molecular formula is C16H17ClN4O. The number of halogens is 1. The molecule has 0 atom stereocenters. The first kappa shape index (κ1) is 14.8. The van der Waals surface area contributed by atoms with Crippen LogP contribution in [0.1, 0.15) is 6.92 Å². The van der Waals surface area contributed by atoms with E-state index in [2.05, 4.69) is 15.0 Å². The third kappa shape index (κ3) is 2.65. The molecule has 22 heavy (non-hydrogen) atoms. The highest BCUT2D eigenvalue weighted by molar-refractivity contribution is 6.31. The number of rotatable bonds is 5. The van der Waals surface area contributed by atoms with Crippen LogP contribution in [0.3, 0.4) is 0 Å². The summed E-state index contributed by atoms with van der Waals surface area (Å²) < 4.78 is 0. The first-order valence-corrected chi connectivity index (χ1v) is 7.56. The summed E-state index contributed by atoms with van der Waals surface area (Å²) in [6, 6.07) is 7.70. The van der Waals surface area contributed by atoms with E-state index in [9.17, 15) is 5.11 Å². The van der Waals surface area contributed by atoms with Crippen molar-refractivity contribution in [3.8, 4) is 11.1 Å². The number of aliphatic hydroxyl groups is 1. The molecule has 3 rings (SSSR count). The molecule has 0 saturated carbocycles. The van der Waals surface area contributed by atoms with Gasteiger partial charge in [-0.25, -0.2) is 9.97 Å². The highest BCUT2D eigenvalue weighted by Crippen LogP contribution is 2.34. The van der Waals surface area contributed by atoms with Gasteiger partial charge < -0.3 is 15.0 Å². The topological polar surface area (TPSA) is 65.0 Å². The van der Waals surface area contributed by atoms with Gasteiger partial charge in [0, 0.05) is 29.9 Å². The number of aromatic nitrogens is 3. The van der Waals surface area contributed by atoms with Gasteiger partial charge >= 0.3 is 0 Å². The van der Waals surface area contributed by atoms with Crippen molar-refractivity contribution in [1.29, 1.82) is 0 Å². The Hall–Kier alpha value is -2.11. The van der Waals surface area contributed by atoms with Crippen LogP contribution in [0.2, 0.25) is 5.02 Å². The maximum Gasteiger partial charge on any atom is 0.143 e. The Balaban J connectivity index is 2.20. The minimum atomic E-state index is 0.0796.